The van der Waals surface area contributed by atoms with Crippen molar-refractivity contribution in [2.45, 2.75) is 123 Å². The van der Waals surface area contributed by atoms with Gasteiger partial charge in [-0.15, -0.1) is 0 Å². The van der Waals surface area contributed by atoms with Gasteiger partial charge in [-0.25, -0.2) is 0 Å². The van der Waals surface area contributed by atoms with Crippen LogP contribution in [0.25, 0.3) is 0 Å². The molecule has 11 atom stereocenters. The molecular weight excluding hydrogens is 472 g/mol. The van der Waals surface area contributed by atoms with Crippen LogP contribution < -0.4 is 5.32 Å². The third kappa shape index (κ3) is 5.34. The fraction of sp³-hybridized carbons (Fsp3) is 0.970. The van der Waals surface area contributed by atoms with Gasteiger partial charge in [0.25, 0.3) is 0 Å². The summed E-state index contributed by atoms with van der Waals surface area (Å²) >= 11 is 0. The van der Waals surface area contributed by atoms with Crippen LogP contribution in [0, 0.1) is 52.3 Å². The zero-order valence-electron chi connectivity index (χ0n) is 25.0. The van der Waals surface area contributed by atoms with Gasteiger partial charge in [-0.3, -0.25) is 4.79 Å². The largest absolute Gasteiger partial charge is 0.393 e. The standard InChI is InChI=1S/C33H58N2O3/c1-22(9-12-29(37)34-17-5-6-18-35-19-7-8-20-35)25-10-11-26-30-27(14-16-32(25,26)3)33(4)15-13-24(36)21-28(33)23(2)31(30)38/h22-28,30-31,36,38H,5-21H2,1-4H3,(H,34,37)/t22-,23-,24-,25-,26+,27+,28+,30+,31-,32-,33-/m1/s1. The van der Waals surface area contributed by atoms with E-state index in [1.165, 1.54) is 64.6 Å². The summed E-state index contributed by atoms with van der Waals surface area (Å²) in [4.78, 5) is 15.2. The molecule has 3 N–H and O–H groups in total. The van der Waals surface area contributed by atoms with Crippen LogP contribution >= 0.6 is 0 Å². The van der Waals surface area contributed by atoms with E-state index < -0.39 is 0 Å². The van der Waals surface area contributed by atoms with Crippen molar-refractivity contribution in [1.29, 1.82) is 0 Å². The molecule has 5 heteroatoms. The molecule has 0 aromatic rings. The fourth-order valence-electron chi connectivity index (χ4n) is 11.0. The summed E-state index contributed by atoms with van der Waals surface area (Å²) < 4.78 is 0. The van der Waals surface area contributed by atoms with E-state index >= 15 is 0 Å². The van der Waals surface area contributed by atoms with Crippen LogP contribution in [-0.4, -0.2) is 59.4 Å². The molecule has 4 aliphatic carbocycles. The molecule has 5 nitrogen and oxygen atoms in total. The highest BCUT2D eigenvalue weighted by Crippen LogP contribution is 2.69. The fourth-order valence-corrected chi connectivity index (χ4v) is 11.0. The number of unbranched alkanes of at least 4 members (excludes halogenated alkanes) is 1. The number of likely N-dealkylation sites (tertiary alicyclic amines) is 1. The van der Waals surface area contributed by atoms with Crippen LogP contribution in [0.1, 0.15) is 111 Å². The Labute approximate surface area is 232 Å². The monoisotopic (exact) mass is 530 g/mol. The Morgan fingerprint density at radius 1 is 0.974 bits per heavy atom. The first kappa shape index (κ1) is 28.9. The quantitative estimate of drug-likeness (QED) is 0.338. The maximum Gasteiger partial charge on any atom is 0.220 e. The summed E-state index contributed by atoms with van der Waals surface area (Å²) in [6, 6.07) is 0. The van der Waals surface area contributed by atoms with Gasteiger partial charge in [0, 0.05) is 13.0 Å². The molecule has 1 amide bonds. The maximum absolute atomic E-state index is 12.6. The van der Waals surface area contributed by atoms with E-state index in [1.807, 2.05) is 0 Å². The van der Waals surface area contributed by atoms with Gasteiger partial charge in [-0.2, -0.15) is 0 Å². The van der Waals surface area contributed by atoms with Crippen molar-refractivity contribution in [3.8, 4) is 0 Å². The lowest BCUT2D eigenvalue weighted by Crippen LogP contribution is -2.61. The second-order valence-electron chi connectivity index (χ2n) is 15.0. The lowest BCUT2D eigenvalue weighted by Gasteiger charge is -2.64. The second-order valence-corrected chi connectivity index (χ2v) is 15.0. The molecule has 0 aromatic heterocycles. The van der Waals surface area contributed by atoms with Crippen molar-refractivity contribution in [2.24, 2.45) is 52.3 Å². The molecule has 38 heavy (non-hydrogen) atoms. The highest BCUT2D eigenvalue weighted by molar-refractivity contribution is 5.75. The summed E-state index contributed by atoms with van der Waals surface area (Å²) in [6.07, 6.45) is 14.1. The van der Waals surface area contributed by atoms with Crippen LogP contribution in [0.5, 0.6) is 0 Å². The first-order valence-electron chi connectivity index (χ1n) is 16.5. The van der Waals surface area contributed by atoms with E-state index in [9.17, 15) is 15.0 Å². The van der Waals surface area contributed by atoms with Gasteiger partial charge in [0.2, 0.25) is 5.91 Å². The van der Waals surface area contributed by atoms with E-state index in [0.29, 0.717) is 41.9 Å². The highest BCUT2D eigenvalue weighted by Gasteiger charge is 2.64. The van der Waals surface area contributed by atoms with E-state index in [0.717, 1.165) is 38.6 Å². The molecule has 5 rings (SSSR count). The molecule has 0 radical (unpaired) electrons. The Balaban J connectivity index is 1.13. The molecule has 1 heterocycles. The normalized spacial score (nSPS) is 45.7. The summed E-state index contributed by atoms with van der Waals surface area (Å²) in [6.45, 7) is 14.2. The predicted molar refractivity (Wildman–Crippen MR) is 153 cm³/mol. The van der Waals surface area contributed by atoms with Gasteiger partial charge < -0.3 is 20.4 Å². The Kier molecular flexibility index (Phi) is 8.88. The van der Waals surface area contributed by atoms with Crippen LogP contribution in [0.3, 0.4) is 0 Å². The van der Waals surface area contributed by atoms with Crippen molar-refractivity contribution in [2.75, 3.05) is 26.2 Å². The zero-order chi connectivity index (χ0) is 27.1. The topological polar surface area (TPSA) is 72.8 Å². The Hall–Kier alpha value is -0.650. The van der Waals surface area contributed by atoms with Crippen LogP contribution in [0.4, 0.5) is 0 Å². The highest BCUT2D eigenvalue weighted by atomic mass is 16.3. The van der Waals surface area contributed by atoms with Crippen molar-refractivity contribution >= 4 is 5.91 Å². The molecule has 5 aliphatic rings. The SMILES string of the molecule is C[C@H]1[C@@H](O)[C@@H]2[C@H](CC[C@]3(C)[C@@H]([C@H](C)CCC(=O)NCCCCN4CCCC4)CC[C@@H]23)[C@@]2(C)CC[C@@H](O)C[C@@H]12. The molecule has 0 bridgehead atoms. The predicted octanol–water partition coefficient (Wildman–Crippen LogP) is 5.63. The minimum atomic E-state index is -0.238. The molecule has 4 saturated carbocycles. The number of fused-ring (bicyclic) bond motifs is 5. The molecule has 1 aliphatic heterocycles. The van der Waals surface area contributed by atoms with Crippen molar-refractivity contribution in [3.63, 3.8) is 0 Å². The van der Waals surface area contributed by atoms with Crippen molar-refractivity contribution in [3.05, 3.63) is 0 Å². The molecule has 1 saturated heterocycles. The molecule has 0 unspecified atom stereocenters. The number of amides is 1. The summed E-state index contributed by atoms with van der Waals surface area (Å²) in [5.41, 5.74) is 0.546. The number of carbonyl (C=O) groups excluding carboxylic acids is 1. The molecule has 0 spiro atoms. The maximum atomic E-state index is 12.6. The van der Waals surface area contributed by atoms with E-state index in [2.05, 4.69) is 37.9 Å². The molecular formula is C33H58N2O3. The average molecular weight is 531 g/mol. The first-order chi connectivity index (χ1) is 18.1. The number of rotatable bonds is 9. The van der Waals surface area contributed by atoms with Gasteiger partial charge in [0.15, 0.2) is 0 Å². The van der Waals surface area contributed by atoms with E-state index in [4.69, 9.17) is 0 Å². The lowest BCUT2D eigenvalue weighted by atomic mass is 9.42. The van der Waals surface area contributed by atoms with Crippen molar-refractivity contribution < 1.29 is 15.0 Å². The van der Waals surface area contributed by atoms with E-state index in [-0.39, 0.29) is 34.9 Å². The Bertz CT molecular complexity index is 814. The van der Waals surface area contributed by atoms with Gasteiger partial charge in [-0.1, -0.05) is 27.7 Å². The first-order valence-corrected chi connectivity index (χ1v) is 16.5. The van der Waals surface area contributed by atoms with Crippen LogP contribution in [0.2, 0.25) is 0 Å². The summed E-state index contributed by atoms with van der Waals surface area (Å²) in [5.74, 6) is 3.75. The molecule has 5 fully saturated rings. The van der Waals surface area contributed by atoms with Gasteiger partial charge in [0.05, 0.1) is 12.2 Å². The number of hydrogen-bond donors (Lipinski definition) is 3. The smallest absolute Gasteiger partial charge is 0.220 e. The van der Waals surface area contributed by atoms with Crippen molar-refractivity contribution in [1.82, 2.24) is 10.2 Å². The number of nitrogens with zero attached hydrogens (tertiary/aromatic N) is 1. The third-order valence-corrected chi connectivity index (χ3v) is 13.1. The summed E-state index contributed by atoms with van der Waals surface area (Å²) in [7, 11) is 0. The molecule has 0 aromatic carbocycles. The molecule has 218 valence electrons. The summed E-state index contributed by atoms with van der Waals surface area (Å²) in [5, 5.41) is 25.4. The van der Waals surface area contributed by atoms with Gasteiger partial charge in [0.1, 0.15) is 0 Å². The average Bonchev–Trinajstić information content (AvgIpc) is 3.54. The Morgan fingerprint density at radius 2 is 1.68 bits per heavy atom. The van der Waals surface area contributed by atoms with Gasteiger partial charge >= 0.3 is 0 Å². The second kappa shape index (κ2) is 11.7. The van der Waals surface area contributed by atoms with E-state index in [1.54, 1.807) is 0 Å². The lowest BCUT2D eigenvalue weighted by molar-refractivity contribution is -0.199. The minimum absolute atomic E-state index is 0.183. The number of nitrogens with one attached hydrogen (secondary N) is 1. The minimum Gasteiger partial charge on any atom is -0.393 e. The van der Waals surface area contributed by atoms with Crippen LogP contribution in [-0.2, 0) is 4.79 Å². The zero-order valence-corrected chi connectivity index (χ0v) is 25.0. The Morgan fingerprint density at radius 3 is 2.45 bits per heavy atom. The number of aliphatic hydroxyl groups is 2. The number of carbonyl (C=O) groups is 1. The number of hydrogen-bond acceptors (Lipinski definition) is 4. The van der Waals surface area contributed by atoms with Crippen LogP contribution in [0.15, 0.2) is 0 Å². The van der Waals surface area contributed by atoms with Gasteiger partial charge in [-0.05, 0) is 149 Å². The number of aliphatic hydroxyl groups excluding tert-OH is 2. The third-order valence-electron chi connectivity index (χ3n) is 13.1.